The van der Waals surface area contributed by atoms with Gasteiger partial charge in [-0.05, 0) is 49.3 Å². The molecule has 0 saturated heterocycles. The molecule has 0 bridgehead atoms. The molecule has 1 aromatic carbocycles. The van der Waals surface area contributed by atoms with E-state index >= 15 is 0 Å². The van der Waals surface area contributed by atoms with Crippen molar-refractivity contribution < 1.29 is 0 Å². The van der Waals surface area contributed by atoms with E-state index in [1.54, 1.807) is 0 Å². The molecular formula is C17H27Cl2N. The van der Waals surface area contributed by atoms with Crippen molar-refractivity contribution in [1.29, 1.82) is 0 Å². The summed E-state index contributed by atoms with van der Waals surface area (Å²) in [6, 6.07) is 6.43. The summed E-state index contributed by atoms with van der Waals surface area (Å²) in [7, 11) is 0. The molecule has 0 aromatic heterocycles. The van der Waals surface area contributed by atoms with Gasteiger partial charge in [-0.2, -0.15) is 0 Å². The van der Waals surface area contributed by atoms with E-state index in [9.17, 15) is 0 Å². The first kappa shape index (κ1) is 17.8. The Morgan fingerprint density at radius 1 is 1.20 bits per heavy atom. The van der Waals surface area contributed by atoms with Crippen molar-refractivity contribution in [3.05, 3.63) is 33.8 Å². The van der Waals surface area contributed by atoms with Crippen LogP contribution in [0.25, 0.3) is 0 Å². The molecule has 0 heterocycles. The van der Waals surface area contributed by atoms with Crippen molar-refractivity contribution >= 4 is 23.2 Å². The third kappa shape index (κ3) is 5.63. The zero-order valence-electron chi connectivity index (χ0n) is 13.1. The molecule has 0 spiro atoms. The topological polar surface area (TPSA) is 12.0 Å². The highest BCUT2D eigenvalue weighted by Gasteiger charge is 2.23. The lowest BCUT2D eigenvalue weighted by Crippen LogP contribution is -2.40. The zero-order valence-corrected chi connectivity index (χ0v) is 14.6. The number of benzene rings is 1. The Labute approximate surface area is 134 Å². The maximum Gasteiger partial charge on any atom is 0.0624 e. The second-order valence-corrected chi connectivity index (χ2v) is 7.26. The third-order valence-corrected chi connectivity index (χ3v) is 4.51. The Morgan fingerprint density at radius 2 is 1.90 bits per heavy atom. The fraction of sp³-hybridized carbons (Fsp3) is 0.647. The predicted octanol–water partition coefficient (Wildman–Crippen LogP) is 5.73. The number of hydrogen-bond acceptors (Lipinski definition) is 1. The predicted molar refractivity (Wildman–Crippen MR) is 90.9 cm³/mol. The minimum atomic E-state index is 0.285. The van der Waals surface area contributed by atoms with Gasteiger partial charge in [0.05, 0.1) is 10.0 Å². The van der Waals surface area contributed by atoms with Gasteiger partial charge in [0.15, 0.2) is 0 Å². The van der Waals surface area contributed by atoms with Crippen LogP contribution in [0.3, 0.4) is 0 Å². The first-order valence-corrected chi connectivity index (χ1v) is 8.28. The van der Waals surface area contributed by atoms with Gasteiger partial charge >= 0.3 is 0 Å². The number of aryl methyl sites for hydroxylation is 1. The molecule has 0 fully saturated rings. The molecular weight excluding hydrogens is 289 g/mol. The van der Waals surface area contributed by atoms with Crippen LogP contribution in [-0.2, 0) is 6.42 Å². The maximum atomic E-state index is 6.23. The lowest BCUT2D eigenvalue weighted by molar-refractivity contribution is 0.251. The maximum absolute atomic E-state index is 6.23. The van der Waals surface area contributed by atoms with Crippen LogP contribution >= 0.6 is 23.2 Å². The average molecular weight is 316 g/mol. The summed E-state index contributed by atoms with van der Waals surface area (Å²) >= 11 is 12.3. The second kappa shape index (κ2) is 8.26. The molecule has 3 heteroatoms. The summed E-state index contributed by atoms with van der Waals surface area (Å²) in [6.07, 6.45) is 4.44. The first-order chi connectivity index (χ1) is 9.36. The Morgan fingerprint density at radius 3 is 2.50 bits per heavy atom. The van der Waals surface area contributed by atoms with Gasteiger partial charge in [0, 0.05) is 6.04 Å². The van der Waals surface area contributed by atoms with Crippen LogP contribution in [0, 0.1) is 5.41 Å². The Kier molecular flexibility index (Phi) is 7.36. The molecule has 0 aliphatic carbocycles. The van der Waals surface area contributed by atoms with Gasteiger partial charge < -0.3 is 5.32 Å². The van der Waals surface area contributed by atoms with Crippen LogP contribution in [0.4, 0.5) is 0 Å². The highest BCUT2D eigenvalue weighted by molar-refractivity contribution is 6.42. The van der Waals surface area contributed by atoms with Crippen LogP contribution in [0.15, 0.2) is 18.2 Å². The van der Waals surface area contributed by atoms with E-state index in [1.807, 2.05) is 12.1 Å². The molecule has 1 nitrogen and oxygen atoms in total. The highest BCUT2D eigenvalue weighted by atomic mass is 35.5. The summed E-state index contributed by atoms with van der Waals surface area (Å²) in [5, 5.41) is 5.03. The lowest BCUT2D eigenvalue weighted by atomic mass is 9.83. The van der Waals surface area contributed by atoms with Crippen molar-refractivity contribution in [2.24, 2.45) is 5.41 Å². The van der Waals surface area contributed by atoms with Crippen molar-refractivity contribution in [3.8, 4) is 0 Å². The van der Waals surface area contributed by atoms with Crippen molar-refractivity contribution in [1.82, 2.24) is 5.32 Å². The average Bonchev–Trinajstić information content (AvgIpc) is 2.37. The smallest absolute Gasteiger partial charge is 0.0624 e. The molecule has 0 saturated carbocycles. The fourth-order valence-corrected chi connectivity index (χ4v) is 2.81. The molecule has 0 aliphatic heterocycles. The first-order valence-electron chi connectivity index (χ1n) is 7.52. The summed E-state index contributed by atoms with van der Waals surface area (Å²) < 4.78 is 0. The van der Waals surface area contributed by atoms with Crippen LogP contribution < -0.4 is 5.32 Å². The summed E-state index contributed by atoms with van der Waals surface area (Å²) in [6.45, 7) is 10.2. The Bertz CT molecular complexity index is 410. The normalized spacial score (nSPS) is 13.5. The van der Waals surface area contributed by atoms with Gasteiger partial charge in [-0.25, -0.2) is 0 Å². The van der Waals surface area contributed by atoms with E-state index in [0.29, 0.717) is 16.1 Å². The minimum Gasteiger partial charge on any atom is -0.313 e. The van der Waals surface area contributed by atoms with Gasteiger partial charge in [-0.1, -0.05) is 63.0 Å². The van der Waals surface area contributed by atoms with E-state index in [2.05, 4.69) is 39.1 Å². The Balaban J connectivity index is 2.54. The highest BCUT2D eigenvalue weighted by Crippen LogP contribution is 2.28. The van der Waals surface area contributed by atoms with Gasteiger partial charge in [0.25, 0.3) is 0 Å². The number of hydrogen-bond donors (Lipinski definition) is 1. The SMILES string of the molecule is CCCNC(CCCc1cccc(Cl)c1Cl)C(C)(C)C. The largest absolute Gasteiger partial charge is 0.313 e. The summed E-state index contributed by atoms with van der Waals surface area (Å²) in [5.41, 5.74) is 1.44. The van der Waals surface area contributed by atoms with Crippen LogP contribution in [-0.4, -0.2) is 12.6 Å². The summed E-state index contributed by atoms with van der Waals surface area (Å²) in [5.74, 6) is 0. The van der Waals surface area contributed by atoms with E-state index in [4.69, 9.17) is 23.2 Å². The van der Waals surface area contributed by atoms with Gasteiger partial charge in [-0.3, -0.25) is 0 Å². The molecule has 0 radical (unpaired) electrons. The molecule has 1 rings (SSSR count). The minimum absolute atomic E-state index is 0.285. The molecule has 20 heavy (non-hydrogen) atoms. The number of nitrogens with one attached hydrogen (secondary N) is 1. The number of halogens is 2. The zero-order chi connectivity index (χ0) is 15.2. The van der Waals surface area contributed by atoms with Gasteiger partial charge in [0.1, 0.15) is 0 Å². The molecule has 114 valence electrons. The second-order valence-electron chi connectivity index (χ2n) is 6.48. The van der Waals surface area contributed by atoms with Gasteiger partial charge in [-0.15, -0.1) is 0 Å². The molecule has 1 aromatic rings. The van der Waals surface area contributed by atoms with Crippen molar-refractivity contribution in [2.75, 3.05) is 6.54 Å². The summed E-state index contributed by atoms with van der Waals surface area (Å²) in [4.78, 5) is 0. The standard InChI is InChI=1S/C17H27Cl2N/c1-5-12-20-15(17(2,3)4)11-7-9-13-8-6-10-14(18)16(13)19/h6,8,10,15,20H,5,7,9,11-12H2,1-4H3. The van der Waals surface area contributed by atoms with Crippen molar-refractivity contribution in [3.63, 3.8) is 0 Å². The van der Waals surface area contributed by atoms with Crippen LogP contribution in [0.2, 0.25) is 10.0 Å². The molecule has 1 N–H and O–H groups in total. The molecule has 1 atom stereocenters. The van der Waals surface area contributed by atoms with Crippen LogP contribution in [0.5, 0.6) is 0 Å². The quantitative estimate of drug-likeness (QED) is 0.677. The monoisotopic (exact) mass is 315 g/mol. The van der Waals surface area contributed by atoms with E-state index in [1.165, 1.54) is 6.42 Å². The van der Waals surface area contributed by atoms with Gasteiger partial charge in [0.2, 0.25) is 0 Å². The fourth-order valence-electron chi connectivity index (χ4n) is 2.40. The van der Waals surface area contributed by atoms with E-state index < -0.39 is 0 Å². The van der Waals surface area contributed by atoms with Crippen molar-refractivity contribution in [2.45, 2.75) is 59.4 Å². The lowest BCUT2D eigenvalue weighted by Gasteiger charge is -2.32. The molecule has 1 unspecified atom stereocenters. The number of rotatable bonds is 7. The van der Waals surface area contributed by atoms with E-state index in [0.717, 1.165) is 31.4 Å². The third-order valence-electron chi connectivity index (χ3n) is 3.66. The van der Waals surface area contributed by atoms with Crippen LogP contribution in [0.1, 0.15) is 52.5 Å². The Hall–Kier alpha value is -0.240. The molecule has 0 amide bonds. The van der Waals surface area contributed by atoms with E-state index in [-0.39, 0.29) is 5.41 Å². The molecule has 0 aliphatic rings.